The van der Waals surface area contributed by atoms with Gasteiger partial charge in [0.15, 0.2) is 10.9 Å². The number of hydrogen-bond acceptors (Lipinski definition) is 8. The molecule has 0 radical (unpaired) electrons. The molecule has 1 atom stereocenters. The Bertz CT molecular complexity index is 762. The van der Waals surface area contributed by atoms with Gasteiger partial charge in [-0.2, -0.15) is 0 Å². The van der Waals surface area contributed by atoms with Gasteiger partial charge in [-0.25, -0.2) is 19.9 Å². The molecule has 0 unspecified atom stereocenters. The molecule has 1 fully saturated rings. The molecule has 0 bridgehead atoms. The summed E-state index contributed by atoms with van der Waals surface area (Å²) in [5, 5.41) is 6.09. The van der Waals surface area contributed by atoms with E-state index in [4.69, 9.17) is 4.98 Å². The molecule has 0 aromatic carbocycles. The average molecular weight is 325 g/mol. The van der Waals surface area contributed by atoms with Crippen LogP contribution in [0.25, 0.3) is 0 Å². The molecule has 1 N–H and O–H groups in total. The van der Waals surface area contributed by atoms with E-state index in [0.29, 0.717) is 5.82 Å². The third-order valence-electron chi connectivity index (χ3n) is 3.72. The molecule has 3 aromatic heterocycles. The Balaban J connectivity index is 1.54. The molecule has 1 aliphatic rings. The lowest BCUT2D eigenvalue weighted by atomic mass is 10.2. The number of nitrogens with one attached hydrogen (secondary N) is 1. The first-order valence-electron chi connectivity index (χ1n) is 7.42. The van der Waals surface area contributed by atoms with Crippen molar-refractivity contribution in [2.24, 2.45) is 0 Å². The van der Waals surface area contributed by atoms with Crippen LogP contribution in [-0.4, -0.2) is 31.5 Å². The number of anilines is 3. The van der Waals surface area contributed by atoms with Gasteiger partial charge in [0.05, 0.1) is 17.9 Å². The third kappa shape index (κ3) is 2.98. The van der Waals surface area contributed by atoms with E-state index in [9.17, 15) is 0 Å². The lowest BCUT2D eigenvalue weighted by molar-refractivity contribution is 0.685. The number of hydrogen-bond donors (Lipinski definition) is 1. The Morgan fingerprint density at radius 3 is 2.87 bits per heavy atom. The van der Waals surface area contributed by atoms with Crippen LogP contribution >= 0.6 is 11.3 Å². The summed E-state index contributed by atoms with van der Waals surface area (Å²) in [6, 6.07) is 2.06. The van der Waals surface area contributed by atoms with E-state index in [0.717, 1.165) is 36.2 Å². The maximum Gasteiger partial charge on any atom is 0.225 e. The fourth-order valence-corrected chi connectivity index (χ4v) is 3.49. The minimum atomic E-state index is 0.228. The summed E-state index contributed by atoms with van der Waals surface area (Å²) in [7, 11) is 0. The molecule has 7 nitrogen and oxygen atoms in total. The summed E-state index contributed by atoms with van der Waals surface area (Å²) in [6.45, 7) is 0.957. The van der Waals surface area contributed by atoms with Gasteiger partial charge in [0.1, 0.15) is 0 Å². The zero-order chi connectivity index (χ0) is 15.5. The number of thiazole rings is 1. The largest absolute Gasteiger partial charge is 0.332 e. The van der Waals surface area contributed by atoms with Crippen LogP contribution in [0, 0.1) is 0 Å². The first-order chi connectivity index (χ1) is 11.4. The zero-order valence-electron chi connectivity index (χ0n) is 12.3. The highest BCUT2D eigenvalue weighted by atomic mass is 32.1. The van der Waals surface area contributed by atoms with Gasteiger partial charge in [-0.3, -0.25) is 4.98 Å². The average Bonchev–Trinajstić information content (AvgIpc) is 3.25. The number of rotatable bonds is 4. The molecule has 116 valence electrons. The smallest absolute Gasteiger partial charge is 0.225 e. The zero-order valence-corrected chi connectivity index (χ0v) is 13.1. The minimum Gasteiger partial charge on any atom is -0.332 e. The quantitative estimate of drug-likeness (QED) is 0.790. The molecule has 1 saturated heterocycles. The van der Waals surface area contributed by atoms with Crippen LogP contribution in [0.15, 0.2) is 42.4 Å². The highest BCUT2D eigenvalue weighted by Gasteiger charge is 2.29. The SMILES string of the molecule is c1cnc(N2CCC[C@@H]2c2csc(Nc3cnccn3)n2)nc1. The van der Waals surface area contributed by atoms with Crippen LogP contribution < -0.4 is 10.2 Å². The standard InChI is InChI=1S/C15H15N7S/c1-3-12(22(8-1)14-18-4-2-5-19-14)11-10-23-15(20-11)21-13-9-16-6-7-17-13/h2,4-7,9-10,12H,1,3,8H2,(H,17,20,21)/t12-/m1/s1. The maximum atomic E-state index is 4.71. The van der Waals surface area contributed by atoms with Crippen molar-refractivity contribution >= 4 is 28.2 Å². The van der Waals surface area contributed by atoms with Gasteiger partial charge in [-0.1, -0.05) is 0 Å². The van der Waals surface area contributed by atoms with E-state index < -0.39 is 0 Å². The van der Waals surface area contributed by atoms with Gasteiger partial charge in [0, 0.05) is 36.7 Å². The maximum absolute atomic E-state index is 4.71. The molecule has 4 heterocycles. The predicted octanol–water partition coefficient (Wildman–Crippen LogP) is 2.81. The van der Waals surface area contributed by atoms with E-state index in [-0.39, 0.29) is 6.04 Å². The van der Waals surface area contributed by atoms with Crippen molar-refractivity contribution in [1.82, 2.24) is 24.9 Å². The van der Waals surface area contributed by atoms with Crippen LogP contribution in [-0.2, 0) is 0 Å². The van der Waals surface area contributed by atoms with Crippen LogP contribution in [0.5, 0.6) is 0 Å². The summed E-state index contributed by atoms with van der Waals surface area (Å²) in [4.78, 5) is 23.9. The molecule has 8 heteroatoms. The Morgan fingerprint density at radius 1 is 1.13 bits per heavy atom. The summed E-state index contributed by atoms with van der Waals surface area (Å²) >= 11 is 1.57. The Hall–Kier alpha value is -2.61. The predicted molar refractivity (Wildman–Crippen MR) is 88.8 cm³/mol. The molecular weight excluding hydrogens is 310 g/mol. The summed E-state index contributed by atoms with van der Waals surface area (Å²) in [5.41, 5.74) is 1.05. The van der Waals surface area contributed by atoms with E-state index in [1.54, 1.807) is 42.3 Å². The summed E-state index contributed by atoms with van der Waals surface area (Å²) < 4.78 is 0. The fraction of sp³-hybridized carbons (Fsp3) is 0.267. The highest BCUT2D eigenvalue weighted by Crippen LogP contribution is 2.35. The highest BCUT2D eigenvalue weighted by molar-refractivity contribution is 7.13. The summed E-state index contributed by atoms with van der Waals surface area (Å²) in [6.07, 6.45) is 10.7. The fourth-order valence-electron chi connectivity index (χ4n) is 2.72. The van der Waals surface area contributed by atoms with E-state index in [1.807, 2.05) is 6.07 Å². The van der Waals surface area contributed by atoms with Gasteiger partial charge in [0.25, 0.3) is 0 Å². The van der Waals surface area contributed by atoms with Gasteiger partial charge in [0.2, 0.25) is 5.95 Å². The molecule has 23 heavy (non-hydrogen) atoms. The molecule has 0 amide bonds. The van der Waals surface area contributed by atoms with Crippen molar-refractivity contribution in [2.45, 2.75) is 18.9 Å². The Kier molecular flexibility index (Phi) is 3.81. The molecule has 3 aromatic rings. The van der Waals surface area contributed by atoms with Crippen molar-refractivity contribution in [3.63, 3.8) is 0 Å². The molecule has 4 rings (SSSR count). The Morgan fingerprint density at radius 2 is 2.04 bits per heavy atom. The van der Waals surface area contributed by atoms with Crippen molar-refractivity contribution in [3.8, 4) is 0 Å². The van der Waals surface area contributed by atoms with Crippen LogP contribution in [0.4, 0.5) is 16.9 Å². The second-order valence-electron chi connectivity index (χ2n) is 5.19. The van der Waals surface area contributed by atoms with E-state index in [1.165, 1.54) is 0 Å². The van der Waals surface area contributed by atoms with Crippen molar-refractivity contribution in [3.05, 3.63) is 48.1 Å². The van der Waals surface area contributed by atoms with E-state index in [2.05, 4.69) is 35.5 Å². The lowest BCUT2D eigenvalue weighted by Crippen LogP contribution is -2.24. The number of aromatic nitrogens is 5. The van der Waals surface area contributed by atoms with Crippen LogP contribution in [0.3, 0.4) is 0 Å². The van der Waals surface area contributed by atoms with Crippen LogP contribution in [0.1, 0.15) is 24.6 Å². The molecule has 0 spiro atoms. The molecular formula is C15H15N7S. The molecule has 1 aliphatic heterocycles. The third-order valence-corrected chi connectivity index (χ3v) is 4.50. The van der Waals surface area contributed by atoms with Gasteiger partial charge in [-0.05, 0) is 18.9 Å². The lowest BCUT2D eigenvalue weighted by Gasteiger charge is -2.22. The Labute approximate surface area is 137 Å². The monoisotopic (exact) mass is 325 g/mol. The first kappa shape index (κ1) is 14.0. The van der Waals surface area contributed by atoms with Gasteiger partial charge < -0.3 is 10.2 Å². The second-order valence-corrected chi connectivity index (χ2v) is 6.05. The number of nitrogens with zero attached hydrogens (tertiary/aromatic N) is 6. The normalized spacial score (nSPS) is 17.4. The van der Waals surface area contributed by atoms with Crippen molar-refractivity contribution in [1.29, 1.82) is 0 Å². The first-order valence-corrected chi connectivity index (χ1v) is 8.30. The molecule has 0 saturated carbocycles. The van der Waals surface area contributed by atoms with E-state index >= 15 is 0 Å². The topological polar surface area (TPSA) is 79.7 Å². The summed E-state index contributed by atoms with van der Waals surface area (Å²) in [5.74, 6) is 1.47. The van der Waals surface area contributed by atoms with Gasteiger partial charge >= 0.3 is 0 Å². The van der Waals surface area contributed by atoms with Gasteiger partial charge in [-0.15, -0.1) is 11.3 Å². The molecule has 0 aliphatic carbocycles. The van der Waals surface area contributed by atoms with Crippen molar-refractivity contribution in [2.75, 3.05) is 16.8 Å². The van der Waals surface area contributed by atoms with Crippen LogP contribution in [0.2, 0.25) is 0 Å². The van der Waals surface area contributed by atoms with Crippen molar-refractivity contribution < 1.29 is 0 Å². The minimum absolute atomic E-state index is 0.228. The second kappa shape index (κ2) is 6.25.